The van der Waals surface area contributed by atoms with Gasteiger partial charge in [0.25, 0.3) is 0 Å². The number of carbonyl (C=O) groups is 1. The third-order valence-electron chi connectivity index (χ3n) is 3.51. The standard InChI is InChI=1S/C15H24O7P2.Na/c1-14(2,3)10-7-9(8-11(12(10)16)15(4,5)6)13(23(17,18)19)24(20,21)22;/h7-8H,1-6H3,(H2,17,18,19)(H2,20,21,22);/q;+1. The molecule has 0 saturated heterocycles. The van der Waals surface area contributed by atoms with Crippen molar-refractivity contribution >= 4 is 21.0 Å². The van der Waals surface area contributed by atoms with Crippen LogP contribution in [0.1, 0.15) is 41.5 Å². The summed E-state index contributed by atoms with van der Waals surface area (Å²) >= 11 is 0. The summed E-state index contributed by atoms with van der Waals surface area (Å²) in [4.78, 5) is 50.4. The van der Waals surface area contributed by atoms with Crippen LogP contribution in [0.4, 0.5) is 0 Å². The van der Waals surface area contributed by atoms with Crippen LogP contribution in [-0.4, -0.2) is 25.4 Å². The van der Waals surface area contributed by atoms with Gasteiger partial charge in [0.05, 0.1) is 0 Å². The number of hydrogen-bond donors (Lipinski definition) is 4. The molecule has 136 valence electrons. The molecule has 0 aromatic rings. The minimum atomic E-state index is -5.23. The second-order valence-corrected chi connectivity index (χ2v) is 11.2. The van der Waals surface area contributed by atoms with Crippen LogP contribution < -0.4 is 29.6 Å². The Morgan fingerprint density at radius 3 is 1.28 bits per heavy atom. The first kappa shape index (κ1) is 25.2. The molecule has 1 rings (SSSR count). The number of carbonyl (C=O) groups excluding carboxylic acids is 1. The summed E-state index contributed by atoms with van der Waals surface area (Å²) in [6.45, 7) is 10.5. The molecule has 0 atom stereocenters. The molecule has 7 nitrogen and oxygen atoms in total. The summed E-state index contributed by atoms with van der Waals surface area (Å²) in [6.07, 6.45) is 2.34. The predicted molar refractivity (Wildman–Crippen MR) is 91.2 cm³/mol. The van der Waals surface area contributed by atoms with Gasteiger partial charge in [-0.15, -0.1) is 0 Å². The molecule has 0 fully saturated rings. The summed E-state index contributed by atoms with van der Waals surface area (Å²) < 4.78 is 23.3. The third kappa shape index (κ3) is 6.10. The van der Waals surface area contributed by atoms with Crippen molar-refractivity contribution in [3.8, 4) is 0 Å². The van der Waals surface area contributed by atoms with E-state index >= 15 is 0 Å². The Morgan fingerprint density at radius 2 is 1.08 bits per heavy atom. The van der Waals surface area contributed by atoms with E-state index < -0.39 is 31.1 Å². The molecular weight excluding hydrogens is 377 g/mol. The van der Waals surface area contributed by atoms with Crippen molar-refractivity contribution < 1.29 is 63.1 Å². The van der Waals surface area contributed by atoms with E-state index in [1.54, 1.807) is 41.5 Å². The van der Waals surface area contributed by atoms with E-state index in [9.17, 15) is 33.5 Å². The number of ketones is 1. The normalized spacial score (nSPS) is 16.9. The molecule has 0 radical (unpaired) electrons. The van der Waals surface area contributed by atoms with Crippen LogP contribution in [0.3, 0.4) is 0 Å². The van der Waals surface area contributed by atoms with Gasteiger partial charge in [-0.2, -0.15) is 0 Å². The van der Waals surface area contributed by atoms with Crippen LogP contribution in [0.25, 0.3) is 0 Å². The summed E-state index contributed by atoms with van der Waals surface area (Å²) in [5, 5.41) is -1.26. The summed E-state index contributed by atoms with van der Waals surface area (Å²) in [5.41, 5.74) is -1.15. The van der Waals surface area contributed by atoms with Gasteiger partial charge in [0.1, 0.15) is 0 Å². The monoisotopic (exact) mass is 401 g/mol. The molecular formula is C15H24NaO7P2+. The summed E-state index contributed by atoms with van der Waals surface area (Å²) in [6, 6.07) is 0. The first-order valence-electron chi connectivity index (χ1n) is 7.22. The summed E-state index contributed by atoms with van der Waals surface area (Å²) in [5.74, 6) is -0.297. The molecule has 0 bridgehead atoms. The van der Waals surface area contributed by atoms with Crippen molar-refractivity contribution in [1.82, 2.24) is 0 Å². The molecule has 0 aromatic heterocycles. The van der Waals surface area contributed by atoms with Gasteiger partial charge < -0.3 is 19.6 Å². The van der Waals surface area contributed by atoms with Crippen molar-refractivity contribution in [2.75, 3.05) is 0 Å². The smallest absolute Gasteiger partial charge is 0.321 e. The molecule has 25 heavy (non-hydrogen) atoms. The quantitative estimate of drug-likeness (QED) is 0.381. The Hall–Kier alpha value is 0.190. The van der Waals surface area contributed by atoms with Crippen molar-refractivity contribution in [3.05, 3.63) is 33.9 Å². The van der Waals surface area contributed by atoms with E-state index in [1.807, 2.05) is 0 Å². The fourth-order valence-corrected chi connectivity index (χ4v) is 4.67. The third-order valence-corrected chi connectivity index (χ3v) is 6.70. The van der Waals surface area contributed by atoms with E-state index in [0.717, 1.165) is 0 Å². The van der Waals surface area contributed by atoms with Gasteiger partial charge in [-0.25, -0.2) is 0 Å². The average molecular weight is 401 g/mol. The zero-order chi connectivity index (χ0) is 19.3. The number of allylic oxidation sites excluding steroid dienone is 5. The first-order valence-corrected chi connectivity index (χ1v) is 10.4. The second-order valence-electron chi connectivity index (χ2n) is 7.81. The van der Waals surface area contributed by atoms with E-state index in [1.165, 1.54) is 12.2 Å². The Bertz CT molecular complexity index is 692. The minimum Gasteiger partial charge on any atom is -0.321 e. The van der Waals surface area contributed by atoms with Gasteiger partial charge in [-0.3, -0.25) is 13.9 Å². The minimum absolute atomic E-state index is 0. The SMILES string of the molecule is CC(C)(C)C1=CC(=C(P(=O)(O)O)P(=O)(O)O)C=C(C(C)(C)C)C1=O.[Na+]. The van der Waals surface area contributed by atoms with Gasteiger partial charge in [0.2, 0.25) is 0 Å². The van der Waals surface area contributed by atoms with Crippen LogP contribution in [0.15, 0.2) is 33.9 Å². The second kappa shape index (κ2) is 7.67. The van der Waals surface area contributed by atoms with Crippen LogP contribution in [-0.2, 0) is 13.9 Å². The fraction of sp³-hybridized carbons (Fsp3) is 0.533. The zero-order valence-corrected chi connectivity index (χ0v) is 19.4. The van der Waals surface area contributed by atoms with Crippen LogP contribution >= 0.6 is 15.2 Å². The Morgan fingerprint density at radius 1 is 0.800 bits per heavy atom. The maximum absolute atomic E-state index is 12.7. The van der Waals surface area contributed by atoms with Crippen LogP contribution in [0, 0.1) is 10.8 Å². The number of hydrogen-bond acceptors (Lipinski definition) is 3. The molecule has 10 heteroatoms. The molecule has 0 spiro atoms. The molecule has 0 heterocycles. The summed E-state index contributed by atoms with van der Waals surface area (Å²) in [7, 11) is -10.5. The molecule has 0 aliphatic heterocycles. The Balaban J connectivity index is 0.00000576. The molecule has 1 aliphatic rings. The van der Waals surface area contributed by atoms with Gasteiger partial charge in [0, 0.05) is 11.1 Å². The van der Waals surface area contributed by atoms with Crippen LogP contribution in [0.5, 0.6) is 0 Å². The van der Waals surface area contributed by atoms with Gasteiger partial charge >= 0.3 is 44.7 Å². The number of rotatable bonds is 2. The maximum atomic E-state index is 12.7. The van der Waals surface area contributed by atoms with Crippen LogP contribution in [0.2, 0.25) is 0 Å². The largest absolute Gasteiger partial charge is 1.00 e. The first-order chi connectivity index (χ1) is 10.4. The van der Waals surface area contributed by atoms with E-state index in [2.05, 4.69) is 0 Å². The molecule has 0 aromatic carbocycles. The molecule has 0 amide bonds. The van der Waals surface area contributed by atoms with Crippen molar-refractivity contribution in [3.63, 3.8) is 0 Å². The number of Topliss-reactive ketones (excluding diaryl/α,β-unsaturated/α-hetero) is 1. The topological polar surface area (TPSA) is 132 Å². The van der Waals surface area contributed by atoms with Crippen molar-refractivity contribution in [1.29, 1.82) is 0 Å². The fourth-order valence-electron chi connectivity index (χ4n) is 2.38. The van der Waals surface area contributed by atoms with Gasteiger partial charge in [-0.05, 0) is 28.6 Å². The predicted octanol–water partition coefficient (Wildman–Crippen LogP) is 0.0851. The zero-order valence-electron chi connectivity index (χ0n) is 15.6. The van der Waals surface area contributed by atoms with Crippen molar-refractivity contribution in [2.24, 2.45) is 10.8 Å². The van der Waals surface area contributed by atoms with E-state index in [0.29, 0.717) is 0 Å². The average Bonchev–Trinajstić information content (AvgIpc) is 2.24. The molecule has 0 unspecified atom stereocenters. The molecule has 0 saturated carbocycles. The van der Waals surface area contributed by atoms with Crippen molar-refractivity contribution in [2.45, 2.75) is 41.5 Å². The van der Waals surface area contributed by atoms with Gasteiger partial charge in [0.15, 0.2) is 10.8 Å². The van der Waals surface area contributed by atoms with Gasteiger partial charge in [-0.1, -0.05) is 41.5 Å². The Kier molecular flexibility index (Phi) is 7.73. The Labute approximate surface area is 169 Å². The van der Waals surface area contributed by atoms with E-state index in [4.69, 9.17) is 0 Å². The molecule has 1 aliphatic carbocycles. The maximum Gasteiger partial charge on any atom is 1.00 e. The van der Waals surface area contributed by atoms with E-state index in [-0.39, 0.29) is 52.1 Å². The molecule has 4 N–H and O–H groups in total.